The third-order valence-electron chi connectivity index (χ3n) is 6.16. The summed E-state index contributed by atoms with van der Waals surface area (Å²) in [4.78, 5) is 0. The summed E-state index contributed by atoms with van der Waals surface area (Å²) < 4.78 is 33.2. The van der Waals surface area contributed by atoms with Crippen molar-refractivity contribution in [3.63, 3.8) is 0 Å². The van der Waals surface area contributed by atoms with Crippen molar-refractivity contribution in [3.05, 3.63) is 89.5 Å². The summed E-state index contributed by atoms with van der Waals surface area (Å²) in [5.41, 5.74) is 3.57. The molecular formula is C28H28O6. The first-order valence-electron chi connectivity index (χ1n) is 11.8. The van der Waals surface area contributed by atoms with Gasteiger partial charge < -0.3 is 28.4 Å². The summed E-state index contributed by atoms with van der Waals surface area (Å²) in [6.45, 7) is 4.18. The minimum absolute atomic E-state index is 0.0717. The quantitative estimate of drug-likeness (QED) is 0.298. The van der Waals surface area contributed by atoms with Gasteiger partial charge in [-0.3, -0.25) is 0 Å². The molecule has 0 unspecified atom stereocenters. The summed E-state index contributed by atoms with van der Waals surface area (Å²) in [5.74, 6) is 2.64. The van der Waals surface area contributed by atoms with Crippen LogP contribution in [0.15, 0.2) is 72.8 Å². The Balaban J connectivity index is 1.22. The summed E-state index contributed by atoms with van der Waals surface area (Å²) in [7, 11) is 0. The van der Waals surface area contributed by atoms with Crippen LogP contribution in [-0.4, -0.2) is 58.0 Å². The van der Waals surface area contributed by atoms with Crippen LogP contribution in [0.3, 0.4) is 0 Å². The summed E-state index contributed by atoms with van der Waals surface area (Å²) in [6.07, 6.45) is 0.727. The lowest BCUT2D eigenvalue weighted by Crippen LogP contribution is -2.07. The zero-order chi connectivity index (χ0) is 22.7. The van der Waals surface area contributed by atoms with E-state index in [9.17, 15) is 0 Å². The number of benzene rings is 3. The van der Waals surface area contributed by atoms with Gasteiger partial charge in [-0.05, 0) is 53.1 Å². The Morgan fingerprint density at radius 1 is 0.500 bits per heavy atom. The summed E-state index contributed by atoms with van der Waals surface area (Å²) >= 11 is 0. The first-order valence-corrected chi connectivity index (χ1v) is 11.8. The molecule has 34 heavy (non-hydrogen) atoms. The maximum Gasteiger partial charge on any atom is 0.119 e. The van der Waals surface area contributed by atoms with Gasteiger partial charge in [-0.2, -0.15) is 0 Å². The van der Waals surface area contributed by atoms with Gasteiger partial charge in [0.25, 0.3) is 0 Å². The third-order valence-corrected chi connectivity index (χ3v) is 6.16. The average Bonchev–Trinajstić information content (AvgIpc) is 3.73. The van der Waals surface area contributed by atoms with Gasteiger partial charge in [-0.1, -0.05) is 36.4 Å². The molecule has 0 radical (unpaired) electrons. The lowest BCUT2D eigenvalue weighted by molar-refractivity contribution is 0.263. The molecule has 0 aromatic heterocycles. The number of ether oxygens (including phenoxy) is 6. The van der Waals surface area contributed by atoms with Gasteiger partial charge in [0.2, 0.25) is 0 Å². The van der Waals surface area contributed by atoms with Crippen LogP contribution in [0.5, 0.6) is 17.2 Å². The molecule has 6 nitrogen and oxygen atoms in total. The van der Waals surface area contributed by atoms with E-state index in [1.807, 2.05) is 36.4 Å². The van der Waals surface area contributed by atoms with Gasteiger partial charge in [0, 0.05) is 5.92 Å². The fourth-order valence-electron chi connectivity index (χ4n) is 3.91. The Hall–Kier alpha value is -3.06. The molecule has 0 bridgehead atoms. The van der Waals surface area contributed by atoms with Crippen LogP contribution in [0, 0.1) is 0 Å². The molecule has 0 amide bonds. The van der Waals surface area contributed by atoms with E-state index in [1.54, 1.807) is 0 Å². The van der Waals surface area contributed by atoms with Crippen molar-refractivity contribution in [1.82, 2.24) is 0 Å². The standard InChI is InChI=1S/C28H28O6/c1-7-22(29-13-25-16-32-25)8-2-19(1)28(20-3-9-23(10-4-20)30-14-26-17-33-26)21-5-11-24(12-6-21)31-15-27-18-34-27/h1-12,25-28H,13-18H2/t25-,26-,27-/m0/s1. The van der Waals surface area contributed by atoms with Crippen molar-refractivity contribution in [2.24, 2.45) is 0 Å². The highest BCUT2D eigenvalue weighted by Gasteiger charge is 2.25. The zero-order valence-electron chi connectivity index (χ0n) is 18.9. The molecule has 3 aromatic carbocycles. The van der Waals surface area contributed by atoms with Crippen LogP contribution in [-0.2, 0) is 14.2 Å². The van der Waals surface area contributed by atoms with Gasteiger partial charge in [-0.25, -0.2) is 0 Å². The van der Waals surface area contributed by atoms with Crippen molar-refractivity contribution in [2.75, 3.05) is 39.6 Å². The molecular weight excluding hydrogens is 432 g/mol. The number of hydrogen-bond acceptors (Lipinski definition) is 6. The van der Waals surface area contributed by atoms with E-state index < -0.39 is 0 Å². The SMILES string of the molecule is c1cc(C(c2ccc(OC[C@H]3CO3)cc2)c2ccc(OC[C@H]3CO3)cc2)ccc1OC[C@H]1CO1. The monoisotopic (exact) mass is 460 g/mol. The zero-order valence-corrected chi connectivity index (χ0v) is 18.9. The summed E-state index contributed by atoms with van der Waals surface area (Å²) in [6, 6.07) is 25.0. The van der Waals surface area contributed by atoms with Crippen LogP contribution in [0.4, 0.5) is 0 Å². The largest absolute Gasteiger partial charge is 0.491 e. The Morgan fingerprint density at radius 3 is 1.00 bits per heavy atom. The highest BCUT2D eigenvalue weighted by molar-refractivity contribution is 5.46. The Kier molecular flexibility index (Phi) is 6.10. The lowest BCUT2D eigenvalue weighted by atomic mass is 9.85. The second-order valence-corrected chi connectivity index (χ2v) is 8.94. The van der Waals surface area contributed by atoms with E-state index >= 15 is 0 Å². The van der Waals surface area contributed by atoms with Crippen molar-refractivity contribution in [3.8, 4) is 17.2 Å². The first-order chi connectivity index (χ1) is 16.8. The highest BCUT2D eigenvalue weighted by Crippen LogP contribution is 2.35. The molecule has 3 heterocycles. The lowest BCUT2D eigenvalue weighted by Gasteiger charge is -2.20. The van der Waals surface area contributed by atoms with Crippen molar-refractivity contribution in [1.29, 1.82) is 0 Å². The number of rotatable bonds is 12. The molecule has 3 saturated heterocycles. The molecule has 0 spiro atoms. The topological polar surface area (TPSA) is 65.3 Å². The minimum atomic E-state index is 0.0717. The third kappa shape index (κ3) is 5.70. The van der Waals surface area contributed by atoms with Gasteiger partial charge in [0.1, 0.15) is 55.4 Å². The van der Waals surface area contributed by atoms with Crippen LogP contribution in [0.2, 0.25) is 0 Å². The van der Waals surface area contributed by atoms with Crippen molar-refractivity contribution in [2.45, 2.75) is 24.2 Å². The van der Waals surface area contributed by atoms with E-state index in [4.69, 9.17) is 28.4 Å². The minimum Gasteiger partial charge on any atom is -0.491 e. The Morgan fingerprint density at radius 2 is 0.765 bits per heavy atom. The predicted octanol–water partition coefficient (Wildman–Crippen LogP) is 4.20. The van der Waals surface area contributed by atoms with E-state index in [2.05, 4.69) is 36.4 Å². The van der Waals surface area contributed by atoms with Crippen molar-refractivity contribution >= 4 is 0 Å². The average molecular weight is 461 g/mol. The molecule has 0 N–H and O–H groups in total. The fraction of sp³-hybridized carbons (Fsp3) is 0.357. The molecule has 6 rings (SSSR count). The molecule has 0 saturated carbocycles. The van der Waals surface area contributed by atoms with E-state index in [-0.39, 0.29) is 24.2 Å². The molecule has 3 aliphatic rings. The molecule has 6 heteroatoms. The second-order valence-electron chi connectivity index (χ2n) is 8.94. The number of epoxide rings is 3. The van der Waals surface area contributed by atoms with Gasteiger partial charge in [0.15, 0.2) is 0 Å². The Labute approximate surface area is 199 Å². The van der Waals surface area contributed by atoms with Gasteiger partial charge >= 0.3 is 0 Å². The molecule has 3 atom stereocenters. The van der Waals surface area contributed by atoms with Crippen LogP contribution in [0.25, 0.3) is 0 Å². The molecule has 0 aliphatic carbocycles. The van der Waals surface area contributed by atoms with Gasteiger partial charge in [0.05, 0.1) is 19.8 Å². The smallest absolute Gasteiger partial charge is 0.119 e. The highest BCUT2D eigenvalue weighted by atomic mass is 16.6. The van der Waals surface area contributed by atoms with Crippen molar-refractivity contribution < 1.29 is 28.4 Å². The predicted molar refractivity (Wildman–Crippen MR) is 126 cm³/mol. The molecule has 3 aromatic rings. The molecule has 3 fully saturated rings. The first kappa shape index (κ1) is 21.5. The Bertz CT molecular complexity index is 926. The maximum atomic E-state index is 5.83. The molecule has 176 valence electrons. The number of hydrogen-bond donors (Lipinski definition) is 0. The van der Waals surface area contributed by atoms with E-state index in [0.29, 0.717) is 19.8 Å². The summed E-state index contributed by atoms with van der Waals surface area (Å²) in [5, 5.41) is 0. The van der Waals surface area contributed by atoms with E-state index in [0.717, 1.165) is 37.1 Å². The van der Waals surface area contributed by atoms with Crippen LogP contribution < -0.4 is 14.2 Å². The fourth-order valence-corrected chi connectivity index (χ4v) is 3.91. The van der Waals surface area contributed by atoms with Crippen LogP contribution in [0.1, 0.15) is 22.6 Å². The van der Waals surface area contributed by atoms with Crippen LogP contribution >= 0.6 is 0 Å². The van der Waals surface area contributed by atoms with Gasteiger partial charge in [-0.15, -0.1) is 0 Å². The maximum absolute atomic E-state index is 5.83. The van der Waals surface area contributed by atoms with E-state index in [1.165, 1.54) is 16.7 Å². The molecule has 3 aliphatic heterocycles. The normalized spacial score (nSPS) is 22.3. The second kappa shape index (κ2) is 9.66.